The summed E-state index contributed by atoms with van der Waals surface area (Å²) in [7, 11) is 3.13. The molecule has 5 nitrogen and oxygen atoms in total. The summed E-state index contributed by atoms with van der Waals surface area (Å²) in [6.45, 7) is 1.52. The van der Waals surface area contributed by atoms with Crippen LogP contribution >= 0.6 is 0 Å². The molecule has 0 aliphatic carbocycles. The average Bonchev–Trinajstić information content (AvgIpc) is 2.42. The fraction of sp³-hybridized carbons (Fsp3) is 1.00. The zero-order valence-corrected chi connectivity index (χ0v) is 8.01. The third-order valence-corrected chi connectivity index (χ3v) is 2.27. The smallest absolute Gasteiger partial charge is 0.169 e. The Hall–Kier alpha value is -0.200. The van der Waals surface area contributed by atoms with Crippen molar-refractivity contribution in [1.82, 2.24) is 4.90 Å². The van der Waals surface area contributed by atoms with Crippen LogP contribution in [0.3, 0.4) is 0 Å². The molecule has 0 aromatic heterocycles. The van der Waals surface area contributed by atoms with E-state index in [0.717, 1.165) is 0 Å². The predicted octanol–water partition coefficient (Wildman–Crippen LogP) is -1.36. The number of ether oxygens (including phenoxy) is 2. The van der Waals surface area contributed by atoms with E-state index >= 15 is 0 Å². The van der Waals surface area contributed by atoms with Crippen molar-refractivity contribution in [2.24, 2.45) is 0 Å². The second kappa shape index (κ2) is 4.88. The highest BCUT2D eigenvalue weighted by Crippen LogP contribution is 2.10. The van der Waals surface area contributed by atoms with E-state index in [9.17, 15) is 10.2 Å². The lowest BCUT2D eigenvalue weighted by Crippen LogP contribution is -2.33. The number of aliphatic hydroxyl groups is 2. The molecule has 0 aromatic carbocycles. The highest BCUT2D eigenvalue weighted by atomic mass is 16.7. The lowest BCUT2D eigenvalue weighted by Gasteiger charge is -2.20. The molecule has 1 saturated heterocycles. The maximum atomic E-state index is 9.25. The van der Waals surface area contributed by atoms with Crippen molar-refractivity contribution in [2.75, 3.05) is 33.9 Å². The highest BCUT2D eigenvalue weighted by molar-refractivity contribution is 4.83. The quantitative estimate of drug-likeness (QED) is 0.538. The molecule has 1 heterocycles. The first-order valence-corrected chi connectivity index (χ1v) is 4.31. The van der Waals surface area contributed by atoms with Crippen LogP contribution in [-0.2, 0) is 9.47 Å². The monoisotopic (exact) mass is 191 g/mol. The van der Waals surface area contributed by atoms with E-state index in [1.165, 1.54) is 0 Å². The van der Waals surface area contributed by atoms with Crippen LogP contribution in [0.15, 0.2) is 0 Å². The van der Waals surface area contributed by atoms with Gasteiger partial charge in [0.25, 0.3) is 0 Å². The van der Waals surface area contributed by atoms with Crippen LogP contribution < -0.4 is 0 Å². The van der Waals surface area contributed by atoms with E-state index in [1.54, 1.807) is 14.2 Å². The lowest BCUT2D eigenvalue weighted by atomic mass is 10.3. The molecule has 2 N–H and O–H groups in total. The molecule has 0 saturated carbocycles. The van der Waals surface area contributed by atoms with Crippen molar-refractivity contribution >= 4 is 0 Å². The van der Waals surface area contributed by atoms with E-state index in [2.05, 4.69) is 0 Å². The van der Waals surface area contributed by atoms with E-state index in [-0.39, 0.29) is 6.29 Å². The van der Waals surface area contributed by atoms with Gasteiger partial charge in [0, 0.05) is 33.9 Å². The molecule has 13 heavy (non-hydrogen) atoms. The molecule has 0 amide bonds. The number of likely N-dealkylation sites (tertiary alicyclic amines) is 1. The average molecular weight is 191 g/mol. The van der Waals surface area contributed by atoms with Crippen molar-refractivity contribution in [3.63, 3.8) is 0 Å². The molecule has 78 valence electrons. The van der Waals surface area contributed by atoms with Crippen LogP contribution in [0.1, 0.15) is 0 Å². The number of rotatable bonds is 4. The zero-order valence-electron chi connectivity index (χ0n) is 8.01. The van der Waals surface area contributed by atoms with Crippen LogP contribution in [0, 0.1) is 0 Å². The van der Waals surface area contributed by atoms with Gasteiger partial charge in [0.1, 0.15) is 0 Å². The van der Waals surface area contributed by atoms with Gasteiger partial charge in [0.2, 0.25) is 0 Å². The number of hydrogen-bond acceptors (Lipinski definition) is 5. The summed E-state index contributed by atoms with van der Waals surface area (Å²) in [5.41, 5.74) is 0. The van der Waals surface area contributed by atoms with Gasteiger partial charge in [-0.3, -0.25) is 4.90 Å². The summed E-state index contributed by atoms with van der Waals surface area (Å²) in [5.74, 6) is 0. The van der Waals surface area contributed by atoms with E-state index in [0.29, 0.717) is 19.6 Å². The SMILES string of the molecule is COC(CN1CC(O)C(O)C1)OC. The van der Waals surface area contributed by atoms with E-state index in [1.807, 2.05) is 4.90 Å². The van der Waals surface area contributed by atoms with Crippen molar-refractivity contribution in [3.8, 4) is 0 Å². The maximum absolute atomic E-state index is 9.25. The van der Waals surface area contributed by atoms with Crippen LogP contribution in [0.2, 0.25) is 0 Å². The van der Waals surface area contributed by atoms with E-state index in [4.69, 9.17) is 9.47 Å². The normalized spacial score (nSPS) is 30.2. The summed E-state index contributed by atoms with van der Waals surface area (Å²) >= 11 is 0. The summed E-state index contributed by atoms with van der Waals surface area (Å²) in [4.78, 5) is 1.91. The Kier molecular flexibility index (Phi) is 4.08. The van der Waals surface area contributed by atoms with Crippen LogP contribution in [0.25, 0.3) is 0 Å². The maximum Gasteiger partial charge on any atom is 0.169 e. The van der Waals surface area contributed by atoms with Crippen molar-refractivity contribution in [1.29, 1.82) is 0 Å². The third-order valence-electron chi connectivity index (χ3n) is 2.27. The Labute approximate surface area is 77.9 Å². The molecular weight excluding hydrogens is 174 g/mol. The van der Waals surface area contributed by atoms with Crippen LogP contribution in [-0.4, -0.2) is 67.5 Å². The first-order chi connectivity index (χ1) is 6.17. The molecule has 0 radical (unpaired) electrons. The molecule has 1 aliphatic rings. The lowest BCUT2D eigenvalue weighted by molar-refractivity contribution is -0.115. The van der Waals surface area contributed by atoms with Gasteiger partial charge in [0.15, 0.2) is 6.29 Å². The first-order valence-electron chi connectivity index (χ1n) is 4.31. The highest BCUT2D eigenvalue weighted by Gasteiger charge is 2.30. The molecular formula is C8H17NO4. The summed E-state index contributed by atoms with van der Waals surface area (Å²) in [6.07, 6.45) is -1.58. The van der Waals surface area contributed by atoms with Gasteiger partial charge in [-0.2, -0.15) is 0 Å². The second-order valence-corrected chi connectivity index (χ2v) is 3.25. The number of nitrogens with zero attached hydrogens (tertiary/aromatic N) is 1. The number of methoxy groups -OCH3 is 2. The second-order valence-electron chi connectivity index (χ2n) is 3.25. The molecule has 1 aliphatic heterocycles. The molecule has 0 aromatic rings. The molecule has 1 rings (SSSR count). The Bertz CT molecular complexity index is 141. The van der Waals surface area contributed by atoms with Gasteiger partial charge >= 0.3 is 0 Å². The number of β-amino-alcohol motifs (C(OH)–C–C–N with tert-alkyl or cyclic N) is 2. The zero-order chi connectivity index (χ0) is 9.84. The summed E-state index contributed by atoms with van der Waals surface area (Å²) in [6, 6.07) is 0. The molecule has 0 bridgehead atoms. The van der Waals surface area contributed by atoms with Crippen LogP contribution in [0.5, 0.6) is 0 Å². The molecule has 2 atom stereocenters. The summed E-state index contributed by atoms with van der Waals surface area (Å²) in [5, 5.41) is 18.5. The van der Waals surface area contributed by atoms with Gasteiger partial charge in [0.05, 0.1) is 12.2 Å². The molecule has 1 fully saturated rings. The Balaban J connectivity index is 2.30. The fourth-order valence-electron chi connectivity index (χ4n) is 1.45. The summed E-state index contributed by atoms with van der Waals surface area (Å²) < 4.78 is 10.0. The van der Waals surface area contributed by atoms with Crippen LogP contribution in [0.4, 0.5) is 0 Å². The molecule has 5 heteroatoms. The molecule has 0 spiro atoms. The molecule has 2 unspecified atom stereocenters. The Morgan fingerprint density at radius 1 is 1.23 bits per heavy atom. The minimum absolute atomic E-state index is 0.294. The number of aliphatic hydroxyl groups excluding tert-OH is 2. The van der Waals surface area contributed by atoms with Gasteiger partial charge < -0.3 is 19.7 Å². The standard InChI is InChI=1S/C8H17NO4/c1-12-8(13-2)5-9-3-6(10)7(11)4-9/h6-8,10-11H,3-5H2,1-2H3. The minimum Gasteiger partial charge on any atom is -0.389 e. The number of hydrogen-bond donors (Lipinski definition) is 2. The van der Waals surface area contributed by atoms with Crippen molar-refractivity contribution in [2.45, 2.75) is 18.5 Å². The van der Waals surface area contributed by atoms with E-state index < -0.39 is 12.2 Å². The topological polar surface area (TPSA) is 62.2 Å². The fourth-order valence-corrected chi connectivity index (χ4v) is 1.45. The van der Waals surface area contributed by atoms with Crippen molar-refractivity contribution in [3.05, 3.63) is 0 Å². The minimum atomic E-state index is -0.644. The Morgan fingerprint density at radius 2 is 1.69 bits per heavy atom. The Morgan fingerprint density at radius 3 is 2.08 bits per heavy atom. The van der Waals surface area contributed by atoms with Crippen molar-refractivity contribution < 1.29 is 19.7 Å². The first kappa shape index (κ1) is 10.9. The predicted molar refractivity (Wildman–Crippen MR) is 46.3 cm³/mol. The largest absolute Gasteiger partial charge is 0.389 e. The van der Waals surface area contributed by atoms with Gasteiger partial charge in [-0.25, -0.2) is 0 Å². The van der Waals surface area contributed by atoms with Gasteiger partial charge in [-0.05, 0) is 0 Å². The third kappa shape index (κ3) is 2.89. The van der Waals surface area contributed by atoms with Gasteiger partial charge in [-0.15, -0.1) is 0 Å². The van der Waals surface area contributed by atoms with Gasteiger partial charge in [-0.1, -0.05) is 0 Å².